The number of anilines is 2. The smallest absolute Gasteiger partial charge is 0.416 e. The first-order valence-electron chi connectivity index (χ1n) is 9.78. The molecule has 1 aliphatic rings. The largest absolute Gasteiger partial charge is 0.497 e. The fourth-order valence-corrected chi connectivity index (χ4v) is 3.33. The van der Waals surface area contributed by atoms with Crippen molar-refractivity contribution >= 4 is 29.2 Å². The Hall–Kier alpha value is -3.76. The number of halogens is 3. The minimum atomic E-state index is -4.55. The van der Waals surface area contributed by atoms with Crippen molar-refractivity contribution in [3.8, 4) is 11.5 Å². The molecule has 0 aliphatic carbocycles. The summed E-state index contributed by atoms with van der Waals surface area (Å²) < 4.78 is 53.7. The highest BCUT2D eigenvalue weighted by molar-refractivity contribution is 6.01. The molecule has 0 spiro atoms. The molecule has 0 aromatic heterocycles. The number of carbonyl (C=O) groups excluding carboxylic acids is 3. The fourth-order valence-electron chi connectivity index (χ4n) is 3.33. The number of hydrogen-bond acceptors (Lipinski definition) is 6. The molecule has 0 saturated carbocycles. The molecule has 11 heteroatoms. The average molecular weight is 466 g/mol. The molecule has 1 heterocycles. The van der Waals surface area contributed by atoms with E-state index in [4.69, 9.17) is 14.2 Å². The highest BCUT2D eigenvalue weighted by Gasteiger charge is 2.37. The van der Waals surface area contributed by atoms with Crippen molar-refractivity contribution in [3.05, 3.63) is 48.0 Å². The van der Waals surface area contributed by atoms with Crippen LogP contribution in [-0.4, -0.2) is 45.2 Å². The zero-order valence-electron chi connectivity index (χ0n) is 17.8. The predicted octanol–water partition coefficient (Wildman–Crippen LogP) is 3.26. The SMILES string of the molecule is COc1ccc(N2C[C@H](C(=O)OCC(=O)Nc3cccc(C(F)(F)F)c3)CC2=O)c(OC)c1. The van der Waals surface area contributed by atoms with E-state index in [0.717, 1.165) is 18.2 Å². The summed E-state index contributed by atoms with van der Waals surface area (Å²) in [6.45, 7) is -0.679. The number of esters is 1. The van der Waals surface area contributed by atoms with Crippen molar-refractivity contribution in [2.45, 2.75) is 12.6 Å². The minimum Gasteiger partial charge on any atom is -0.497 e. The maximum atomic E-state index is 12.8. The molecule has 0 radical (unpaired) electrons. The van der Waals surface area contributed by atoms with Gasteiger partial charge in [0.05, 0.1) is 31.4 Å². The lowest BCUT2D eigenvalue weighted by atomic mass is 10.1. The highest BCUT2D eigenvalue weighted by Crippen LogP contribution is 2.36. The van der Waals surface area contributed by atoms with Gasteiger partial charge in [0.1, 0.15) is 11.5 Å². The number of ether oxygens (including phenoxy) is 3. The van der Waals surface area contributed by atoms with Crippen LogP contribution >= 0.6 is 0 Å². The Morgan fingerprint density at radius 3 is 2.55 bits per heavy atom. The van der Waals surface area contributed by atoms with Gasteiger partial charge in [-0.3, -0.25) is 14.4 Å². The van der Waals surface area contributed by atoms with Gasteiger partial charge in [-0.05, 0) is 30.3 Å². The summed E-state index contributed by atoms with van der Waals surface area (Å²) in [7, 11) is 2.93. The fraction of sp³-hybridized carbons (Fsp3) is 0.318. The quantitative estimate of drug-likeness (QED) is 0.630. The van der Waals surface area contributed by atoms with E-state index in [0.29, 0.717) is 17.2 Å². The summed E-state index contributed by atoms with van der Waals surface area (Å²) in [5, 5.41) is 2.25. The van der Waals surface area contributed by atoms with Crippen LogP contribution < -0.4 is 19.7 Å². The Labute approximate surface area is 187 Å². The average Bonchev–Trinajstić information content (AvgIpc) is 3.18. The summed E-state index contributed by atoms with van der Waals surface area (Å²) in [4.78, 5) is 38.2. The second kappa shape index (κ2) is 9.80. The van der Waals surface area contributed by atoms with E-state index in [9.17, 15) is 27.6 Å². The van der Waals surface area contributed by atoms with Crippen LogP contribution in [0, 0.1) is 5.92 Å². The lowest BCUT2D eigenvalue weighted by molar-refractivity contribution is -0.151. The maximum absolute atomic E-state index is 12.8. The number of amides is 2. The van der Waals surface area contributed by atoms with Gasteiger partial charge < -0.3 is 24.4 Å². The lowest BCUT2D eigenvalue weighted by Gasteiger charge is -2.20. The molecule has 2 amide bonds. The van der Waals surface area contributed by atoms with Gasteiger partial charge in [0.25, 0.3) is 5.91 Å². The van der Waals surface area contributed by atoms with Crippen LogP contribution in [0.5, 0.6) is 11.5 Å². The van der Waals surface area contributed by atoms with Crippen LogP contribution in [0.25, 0.3) is 0 Å². The van der Waals surface area contributed by atoms with Crippen LogP contribution in [-0.2, 0) is 25.3 Å². The number of benzene rings is 2. The summed E-state index contributed by atoms with van der Waals surface area (Å²) in [5.41, 5.74) is -0.545. The van der Waals surface area contributed by atoms with Gasteiger partial charge >= 0.3 is 12.1 Å². The highest BCUT2D eigenvalue weighted by atomic mass is 19.4. The Morgan fingerprint density at radius 2 is 1.88 bits per heavy atom. The van der Waals surface area contributed by atoms with Crippen LogP contribution in [0.2, 0.25) is 0 Å². The molecule has 8 nitrogen and oxygen atoms in total. The number of nitrogens with one attached hydrogen (secondary N) is 1. The van der Waals surface area contributed by atoms with Gasteiger partial charge in [-0.2, -0.15) is 13.2 Å². The Balaban J connectivity index is 1.57. The second-order valence-electron chi connectivity index (χ2n) is 7.18. The number of rotatable bonds is 7. The molecule has 33 heavy (non-hydrogen) atoms. The molecule has 1 aliphatic heterocycles. The Morgan fingerprint density at radius 1 is 1.12 bits per heavy atom. The molecule has 2 aromatic rings. The topological polar surface area (TPSA) is 94.2 Å². The third-order valence-corrected chi connectivity index (χ3v) is 4.96. The van der Waals surface area contributed by atoms with Crippen molar-refractivity contribution < 1.29 is 41.8 Å². The van der Waals surface area contributed by atoms with Gasteiger partial charge in [-0.25, -0.2) is 0 Å². The monoisotopic (exact) mass is 466 g/mol. The van der Waals surface area contributed by atoms with E-state index in [1.54, 1.807) is 18.2 Å². The molecule has 0 bridgehead atoms. The van der Waals surface area contributed by atoms with Crippen molar-refractivity contribution in [1.82, 2.24) is 0 Å². The van der Waals surface area contributed by atoms with E-state index in [-0.39, 0.29) is 24.6 Å². The first-order valence-corrected chi connectivity index (χ1v) is 9.78. The van der Waals surface area contributed by atoms with Crippen molar-refractivity contribution in [1.29, 1.82) is 0 Å². The lowest BCUT2D eigenvalue weighted by Crippen LogP contribution is -2.28. The van der Waals surface area contributed by atoms with E-state index >= 15 is 0 Å². The summed E-state index contributed by atoms with van der Waals surface area (Å²) in [6.07, 6.45) is -4.68. The summed E-state index contributed by atoms with van der Waals surface area (Å²) in [6, 6.07) is 8.96. The molecular weight excluding hydrogens is 445 g/mol. The van der Waals surface area contributed by atoms with Crippen molar-refractivity contribution in [2.75, 3.05) is 37.6 Å². The molecule has 1 N–H and O–H groups in total. The second-order valence-corrected chi connectivity index (χ2v) is 7.18. The van der Waals surface area contributed by atoms with Gasteiger partial charge in [-0.15, -0.1) is 0 Å². The molecule has 1 saturated heterocycles. The zero-order chi connectivity index (χ0) is 24.2. The number of nitrogens with zero attached hydrogens (tertiary/aromatic N) is 1. The Bertz CT molecular complexity index is 1060. The minimum absolute atomic E-state index is 0.0234. The molecular formula is C22H21F3N2O6. The normalized spacial score (nSPS) is 15.8. The van der Waals surface area contributed by atoms with Gasteiger partial charge in [0.2, 0.25) is 5.91 Å². The van der Waals surface area contributed by atoms with E-state index in [2.05, 4.69) is 5.32 Å². The Kier molecular flexibility index (Phi) is 7.10. The molecule has 1 atom stereocenters. The summed E-state index contributed by atoms with van der Waals surface area (Å²) in [5.74, 6) is -1.79. The number of methoxy groups -OCH3 is 2. The van der Waals surface area contributed by atoms with Gasteiger partial charge in [0.15, 0.2) is 6.61 Å². The number of alkyl halides is 3. The van der Waals surface area contributed by atoms with Crippen LogP contribution in [0.1, 0.15) is 12.0 Å². The third kappa shape index (κ3) is 5.73. The van der Waals surface area contributed by atoms with E-state index in [1.807, 2.05) is 0 Å². The number of hydrogen-bond donors (Lipinski definition) is 1. The molecule has 0 unspecified atom stereocenters. The molecule has 2 aromatic carbocycles. The van der Waals surface area contributed by atoms with E-state index in [1.165, 1.54) is 25.2 Å². The van der Waals surface area contributed by atoms with Gasteiger partial charge in [0, 0.05) is 24.7 Å². The van der Waals surface area contributed by atoms with Crippen molar-refractivity contribution in [3.63, 3.8) is 0 Å². The van der Waals surface area contributed by atoms with Crippen LogP contribution in [0.4, 0.5) is 24.5 Å². The third-order valence-electron chi connectivity index (χ3n) is 4.96. The van der Waals surface area contributed by atoms with Crippen molar-refractivity contribution in [2.24, 2.45) is 5.92 Å². The molecule has 176 valence electrons. The maximum Gasteiger partial charge on any atom is 0.416 e. The van der Waals surface area contributed by atoms with Crippen LogP contribution in [0.15, 0.2) is 42.5 Å². The van der Waals surface area contributed by atoms with Crippen LogP contribution in [0.3, 0.4) is 0 Å². The molecule has 1 fully saturated rings. The molecule has 3 rings (SSSR count). The van der Waals surface area contributed by atoms with E-state index < -0.39 is 36.1 Å². The summed E-state index contributed by atoms with van der Waals surface area (Å²) >= 11 is 0. The standard InChI is InChI=1S/C22H21F3N2O6/c1-31-16-6-7-17(18(10-16)32-2)27-11-13(8-20(27)29)21(30)33-12-19(28)26-15-5-3-4-14(9-15)22(23,24)25/h3-7,9-10,13H,8,11-12H2,1-2H3,(H,26,28)/t13-/m1/s1. The predicted molar refractivity (Wildman–Crippen MR) is 111 cm³/mol. The first kappa shape index (κ1) is 23.9. The zero-order valence-corrected chi connectivity index (χ0v) is 17.8. The first-order chi connectivity index (χ1) is 15.6. The van der Waals surface area contributed by atoms with Gasteiger partial charge in [-0.1, -0.05) is 6.07 Å². The number of carbonyl (C=O) groups is 3.